The molecule has 0 aliphatic rings. The minimum atomic E-state index is -0.527. The van der Waals surface area contributed by atoms with E-state index in [1.54, 1.807) is 6.07 Å². The standard InChI is InChI=1S/C11H10N2O3S2/c1-7-5-17-11(12-7)18-6-9(14)13-10(15)8-3-2-4-16-8/h2-5H,6H2,1H3,(H,13,14,15). The number of hydrogen-bond acceptors (Lipinski definition) is 6. The summed E-state index contributed by atoms with van der Waals surface area (Å²) in [4.78, 5) is 27.2. The number of aryl methyl sites for hydroxylation is 1. The lowest BCUT2D eigenvalue weighted by Gasteiger charge is -2.00. The van der Waals surface area contributed by atoms with Crippen LogP contribution in [0.1, 0.15) is 16.2 Å². The number of thioether (sulfide) groups is 1. The number of furan rings is 1. The first-order valence-electron chi connectivity index (χ1n) is 5.08. The summed E-state index contributed by atoms with van der Waals surface area (Å²) in [5.74, 6) is -0.618. The number of carbonyl (C=O) groups is 2. The van der Waals surface area contributed by atoms with Crippen LogP contribution >= 0.6 is 23.1 Å². The molecule has 5 nitrogen and oxygen atoms in total. The Kier molecular flexibility index (Phi) is 4.16. The van der Waals surface area contributed by atoms with Crippen LogP contribution in [-0.2, 0) is 4.79 Å². The van der Waals surface area contributed by atoms with E-state index in [0.717, 1.165) is 10.0 Å². The van der Waals surface area contributed by atoms with E-state index in [1.807, 2.05) is 12.3 Å². The Labute approximate surface area is 112 Å². The van der Waals surface area contributed by atoms with E-state index in [4.69, 9.17) is 4.42 Å². The lowest BCUT2D eigenvalue weighted by Crippen LogP contribution is -2.31. The molecule has 2 amide bonds. The van der Waals surface area contributed by atoms with Crippen molar-refractivity contribution < 1.29 is 14.0 Å². The van der Waals surface area contributed by atoms with Gasteiger partial charge in [-0.2, -0.15) is 0 Å². The van der Waals surface area contributed by atoms with E-state index in [9.17, 15) is 9.59 Å². The maximum absolute atomic E-state index is 11.5. The van der Waals surface area contributed by atoms with Gasteiger partial charge >= 0.3 is 0 Å². The fourth-order valence-corrected chi connectivity index (χ4v) is 2.81. The zero-order chi connectivity index (χ0) is 13.0. The van der Waals surface area contributed by atoms with E-state index in [1.165, 1.54) is 35.4 Å². The van der Waals surface area contributed by atoms with Gasteiger partial charge in [0.1, 0.15) is 0 Å². The van der Waals surface area contributed by atoms with Crippen LogP contribution in [0.3, 0.4) is 0 Å². The molecular weight excluding hydrogens is 272 g/mol. The fraction of sp³-hybridized carbons (Fsp3) is 0.182. The lowest BCUT2D eigenvalue weighted by molar-refractivity contribution is -0.117. The lowest BCUT2D eigenvalue weighted by atomic mass is 10.4. The van der Waals surface area contributed by atoms with Gasteiger partial charge in [0.05, 0.1) is 12.0 Å². The Balaban J connectivity index is 1.80. The van der Waals surface area contributed by atoms with Crippen LogP contribution in [0.25, 0.3) is 0 Å². The van der Waals surface area contributed by atoms with Crippen molar-refractivity contribution in [1.82, 2.24) is 10.3 Å². The Morgan fingerprint density at radius 3 is 3.00 bits per heavy atom. The number of carbonyl (C=O) groups excluding carboxylic acids is 2. The van der Waals surface area contributed by atoms with Crippen molar-refractivity contribution in [2.24, 2.45) is 0 Å². The summed E-state index contributed by atoms with van der Waals surface area (Å²) in [6, 6.07) is 3.09. The van der Waals surface area contributed by atoms with Crippen LogP contribution in [0, 0.1) is 6.92 Å². The second kappa shape index (κ2) is 5.83. The Bertz CT molecular complexity index is 548. The number of aromatic nitrogens is 1. The molecule has 0 aromatic carbocycles. The third-order valence-electron chi connectivity index (χ3n) is 1.92. The molecule has 0 atom stereocenters. The zero-order valence-electron chi connectivity index (χ0n) is 9.50. The maximum atomic E-state index is 11.5. The van der Waals surface area contributed by atoms with Crippen LogP contribution in [0.4, 0.5) is 0 Å². The molecule has 0 saturated heterocycles. The van der Waals surface area contributed by atoms with Gasteiger partial charge in [-0.15, -0.1) is 11.3 Å². The minimum Gasteiger partial charge on any atom is -0.459 e. The molecule has 0 bridgehead atoms. The van der Waals surface area contributed by atoms with Gasteiger partial charge in [-0.05, 0) is 19.1 Å². The molecule has 1 N–H and O–H groups in total. The summed E-state index contributed by atoms with van der Waals surface area (Å²) in [7, 11) is 0. The summed E-state index contributed by atoms with van der Waals surface area (Å²) in [6.07, 6.45) is 1.38. The van der Waals surface area contributed by atoms with E-state index in [-0.39, 0.29) is 17.4 Å². The average Bonchev–Trinajstić information content (AvgIpc) is 2.97. The smallest absolute Gasteiger partial charge is 0.293 e. The van der Waals surface area contributed by atoms with E-state index in [0.29, 0.717) is 0 Å². The van der Waals surface area contributed by atoms with E-state index in [2.05, 4.69) is 10.3 Å². The molecule has 2 aromatic heterocycles. The van der Waals surface area contributed by atoms with E-state index >= 15 is 0 Å². The van der Waals surface area contributed by atoms with Gasteiger partial charge in [0.15, 0.2) is 10.1 Å². The first kappa shape index (κ1) is 12.8. The third-order valence-corrected chi connectivity index (χ3v) is 4.06. The predicted octanol–water partition coefficient (Wildman–Crippen LogP) is 2.09. The van der Waals surface area contributed by atoms with Crippen molar-refractivity contribution in [2.75, 3.05) is 5.75 Å². The van der Waals surface area contributed by atoms with Crippen molar-refractivity contribution in [3.05, 3.63) is 35.2 Å². The molecule has 0 aliphatic heterocycles. The molecule has 18 heavy (non-hydrogen) atoms. The molecule has 2 aromatic rings. The molecule has 0 fully saturated rings. The van der Waals surface area contributed by atoms with Crippen LogP contribution in [0.15, 0.2) is 32.5 Å². The van der Waals surface area contributed by atoms with E-state index < -0.39 is 5.91 Å². The summed E-state index contributed by atoms with van der Waals surface area (Å²) in [5, 5.41) is 4.15. The highest BCUT2D eigenvalue weighted by Crippen LogP contribution is 2.21. The third kappa shape index (κ3) is 3.44. The molecule has 0 radical (unpaired) electrons. The number of amides is 2. The van der Waals surface area contributed by atoms with Crippen molar-refractivity contribution in [1.29, 1.82) is 0 Å². The molecule has 0 saturated carbocycles. The van der Waals surface area contributed by atoms with Crippen molar-refractivity contribution in [2.45, 2.75) is 11.3 Å². The number of hydrogen-bond donors (Lipinski definition) is 1. The first-order chi connectivity index (χ1) is 8.65. The Morgan fingerprint density at radius 1 is 1.56 bits per heavy atom. The summed E-state index contributed by atoms with van der Waals surface area (Å²) in [6.45, 7) is 1.89. The van der Waals surface area contributed by atoms with Crippen molar-refractivity contribution in [3.8, 4) is 0 Å². The molecule has 94 valence electrons. The Hall–Kier alpha value is -1.60. The zero-order valence-corrected chi connectivity index (χ0v) is 11.1. The molecule has 7 heteroatoms. The second-order valence-corrected chi connectivity index (χ2v) is 5.48. The molecule has 0 spiro atoms. The summed E-state index contributed by atoms with van der Waals surface area (Å²) < 4.78 is 5.69. The fourth-order valence-electron chi connectivity index (χ4n) is 1.16. The number of imide groups is 1. The SMILES string of the molecule is Cc1csc(SCC(=O)NC(=O)c2ccco2)n1. The second-order valence-electron chi connectivity index (χ2n) is 3.40. The summed E-state index contributed by atoms with van der Waals surface area (Å²) >= 11 is 2.78. The van der Waals surface area contributed by atoms with Crippen LogP contribution in [0.2, 0.25) is 0 Å². The number of thiazole rings is 1. The summed E-state index contributed by atoms with van der Waals surface area (Å²) in [5.41, 5.74) is 0.926. The molecule has 0 unspecified atom stereocenters. The normalized spacial score (nSPS) is 10.3. The van der Waals surface area contributed by atoms with Gasteiger partial charge in [0.2, 0.25) is 5.91 Å². The Morgan fingerprint density at radius 2 is 2.39 bits per heavy atom. The van der Waals surface area contributed by atoms with Crippen LogP contribution in [0.5, 0.6) is 0 Å². The predicted molar refractivity (Wildman–Crippen MR) is 68.8 cm³/mol. The number of nitrogens with zero attached hydrogens (tertiary/aromatic N) is 1. The molecule has 2 heterocycles. The number of rotatable bonds is 4. The van der Waals surface area contributed by atoms with Gasteiger partial charge in [-0.1, -0.05) is 11.8 Å². The van der Waals surface area contributed by atoms with Gasteiger partial charge in [-0.3, -0.25) is 14.9 Å². The quantitative estimate of drug-likeness (QED) is 0.869. The van der Waals surface area contributed by atoms with Crippen molar-refractivity contribution >= 4 is 34.9 Å². The highest BCUT2D eigenvalue weighted by molar-refractivity contribution is 8.01. The monoisotopic (exact) mass is 282 g/mol. The van der Waals surface area contributed by atoms with Crippen LogP contribution in [-0.4, -0.2) is 22.6 Å². The van der Waals surface area contributed by atoms with Gasteiger partial charge in [0.25, 0.3) is 5.91 Å². The number of nitrogens with one attached hydrogen (secondary N) is 1. The minimum absolute atomic E-state index is 0.124. The van der Waals surface area contributed by atoms with Gasteiger partial charge < -0.3 is 4.42 Å². The average molecular weight is 282 g/mol. The molecular formula is C11H10N2O3S2. The van der Waals surface area contributed by atoms with Crippen molar-refractivity contribution in [3.63, 3.8) is 0 Å². The molecule has 0 aliphatic carbocycles. The largest absolute Gasteiger partial charge is 0.459 e. The molecule has 2 rings (SSSR count). The van der Waals surface area contributed by atoms with Gasteiger partial charge in [-0.25, -0.2) is 4.98 Å². The highest BCUT2D eigenvalue weighted by atomic mass is 32.2. The van der Waals surface area contributed by atoms with Gasteiger partial charge in [0, 0.05) is 11.1 Å². The maximum Gasteiger partial charge on any atom is 0.293 e. The highest BCUT2D eigenvalue weighted by Gasteiger charge is 2.13. The topological polar surface area (TPSA) is 72.2 Å². The van der Waals surface area contributed by atoms with Crippen LogP contribution < -0.4 is 5.32 Å². The first-order valence-corrected chi connectivity index (χ1v) is 6.94.